The van der Waals surface area contributed by atoms with Crippen molar-refractivity contribution in [2.45, 2.75) is 6.54 Å². The van der Waals surface area contributed by atoms with Crippen LogP contribution in [0.4, 0.5) is 9.93 Å². The normalized spacial score (nSPS) is 14.7. The van der Waals surface area contributed by atoms with Crippen LogP contribution in [0.2, 0.25) is 5.02 Å². The van der Waals surface area contributed by atoms with E-state index in [9.17, 15) is 4.79 Å². The predicted octanol–water partition coefficient (Wildman–Crippen LogP) is 3.98. The van der Waals surface area contributed by atoms with E-state index in [1.54, 1.807) is 11.3 Å². The van der Waals surface area contributed by atoms with Gasteiger partial charge in [0.1, 0.15) is 0 Å². The van der Waals surface area contributed by atoms with E-state index in [0.29, 0.717) is 19.6 Å². The van der Waals surface area contributed by atoms with Gasteiger partial charge in [0, 0.05) is 37.7 Å². The smallest absolute Gasteiger partial charge is 0.317 e. The third kappa shape index (κ3) is 3.76. The summed E-state index contributed by atoms with van der Waals surface area (Å²) in [6.07, 6.45) is 0. The van der Waals surface area contributed by atoms with Gasteiger partial charge in [0.15, 0.2) is 5.13 Å². The first-order chi connectivity index (χ1) is 12.7. The van der Waals surface area contributed by atoms with E-state index < -0.39 is 0 Å². The van der Waals surface area contributed by atoms with Crippen LogP contribution < -0.4 is 10.2 Å². The number of hydrogen-bond acceptors (Lipinski definition) is 4. The average molecular weight is 387 g/mol. The lowest BCUT2D eigenvalue weighted by atomic mass is 10.2. The molecule has 0 spiro atoms. The highest BCUT2D eigenvalue weighted by Crippen LogP contribution is 2.31. The first-order valence-electron chi connectivity index (χ1n) is 8.57. The van der Waals surface area contributed by atoms with Crippen LogP contribution in [-0.2, 0) is 6.54 Å². The summed E-state index contributed by atoms with van der Waals surface area (Å²) in [7, 11) is 0. The van der Waals surface area contributed by atoms with Crippen molar-refractivity contribution >= 4 is 44.3 Å². The molecule has 0 aliphatic carbocycles. The van der Waals surface area contributed by atoms with E-state index in [1.165, 1.54) is 0 Å². The molecule has 5 nitrogen and oxygen atoms in total. The molecule has 1 aliphatic rings. The van der Waals surface area contributed by atoms with Crippen molar-refractivity contribution in [1.82, 2.24) is 15.2 Å². The number of nitrogens with one attached hydrogen (secondary N) is 1. The summed E-state index contributed by atoms with van der Waals surface area (Å²) in [4.78, 5) is 21.2. The zero-order chi connectivity index (χ0) is 17.9. The van der Waals surface area contributed by atoms with Gasteiger partial charge in [-0.3, -0.25) is 0 Å². The summed E-state index contributed by atoms with van der Waals surface area (Å²) in [6, 6.07) is 15.7. The van der Waals surface area contributed by atoms with Crippen LogP contribution in [-0.4, -0.2) is 42.1 Å². The lowest BCUT2D eigenvalue weighted by Crippen LogP contribution is -2.51. The second-order valence-corrected chi connectivity index (χ2v) is 7.67. The largest absolute Gasteiger partial charge is 0.345 e. The third-order valence-electron chi connectivity index (χ3n) is 4.46. The van der Waals surface area contributed by atoms with Crippen molar-refractivity contribution in [2.24, 2.45) is 0 Å². The number of aromatic nitrogens is 1. The number of amides is 2. The maximum Gasteiger partial charge on any atom is 0.317 e. The van der Waals surface area contributed by atoms with E-state index in [1.807, 2.05) is 53.4 Å². The topological polar surface area (TPSA) is 48.5 Å². The van der Waals surface area contributed by atoms with E-state index in [0.717, 1.165) is 39.0 Å². The second kappa shape index (κ2) is 7.51. The second-order valence-electron chi connectivity index (χ2n) is 6.23. The van der Waals surface area contributed by atoms with E-state index >= 15 is 0 Å². The predicted molar refractivity (Wildman–Crippen MR) is 107 cm³/mol. The Morgan fingerprint density at radius 1 is 1.12 bits per heavy atom. The molecule has 0 saturated carbocycles. The molecule has 0 unspecified atom stereocenters. The van der Waals surface area contributed by atoms with Gasteiger partial charge in [-0.25, -0.2) is 9.78 Å². The number of nitrogens with zero attached hydrogens (tertiary/aromatic N) is 3. The van der Waals surface area contributed by atoms with Gasteiger partial charge in [-0.05, 0) is 23.8 Å². The highest BCUT2D eigenvalue weighted by atomic mass is 35.5. The molecular formula is C19H19ClN4OS. The van der Waals surface area contributed by atoms with Gasteiger partial charge in [0.05, 0.1) is 10.2 Å². The molecule has 1 saturated heterocycles. The number of thiazole rings is 1. The minimum atomic E-state index is -0.00964. The molecule has 3 aromatic rings. The highest BCUT2D eigenvalue weighted by molar-refractivity contribution is 7.22. The fraction of sp³-hybridized carbons (Fsp3) is 0.263. The summed E-state index contributed by atoms with van der Waals surface area (Å²) >= 11 is 7.70. The standard InChI is InChI=1S/C19H19ClN4OS/c20-15-6-7-16-17(12-15)26-19(22-16)24-10-8-23(9-11-24)18(25)21-13-14-4-2-1-3-5-14/h1-7,12H,8-11,13H2,(H,21,25). The maximum absolute atomic E-state index is 12.4. The molecule has 0 radical (unpaired) electrons. The number of fused-ring (bicyclic) bond motifs is 1. The van der Waals surface area contributed by atoms with Crippen LogP contribution in [0.5, 0.6) is 0 Å². The van der Waals surface area contributed by atoms with Crippen LogP contribution >= 0.6 is 22.9 Å². The van der Waals surface area contributed by atoms with Crippen molar-refractivity contribution in [3.05, 3.63) is 59.1 Å². The van der Waals surface area contributed by atoms with Crippen molar-refractivity contribution in [2.75, 3.05) is 31.1 Å². The average Bonchev–Trinajstić information content (AvgIpc) is 3.10. The molecule has 2 heterocycles. The first kappa shape index (κ1) is 17.1. The molecule has 0 bridgehead atoms. The molecule has 1 fully saturated rings. The van der Waals surface area contributed by atoms with Gasteiger partial charge in [0.2, 0.25) is 0 Å². The number of benzene rings is 2. The molecule has 2 amide bonds. The van der Waals surface area contributed by atoms with Crippen LogP contribution in [0.3, 0.4) is 0 Å². The number of urea groups is 1. The number of carbonyl (C=O) groups is 1. The molecule has 1 aromatic heterocycles. The van der Waals surface area contributed by atoms with Crippen molar-refractivity contribution in [3.8, 4) is 0 Å². The number of anilines is 1. The summed E-state index contributed by atoms with van der Waals surface area (Å²) in [6.45, 7) is 3.51. The van der Waals surface area contributed by atoms with Gasteiger partial charge in [-0.15, -0.1) is 0 Å². The number of piperazine rings is 1. The van der Waals surface area contributed by atoms with Crippen LogP contribution in [0, 0.1) is 0 Å². The van der Waals surface area contributed by atoms with Crippen molar-refractivity contribution in [3.63, 3.8) is 0 Å². The lowest BCUT2D eigenvalue weighted by molar-refractivity contribution is 0.194. The molecule has 0 atom stereocenters. The van der Waals surface area contributed by atoms with Gasteiger partial charge in [-0.1, -0.05) is 53.3 Å². The lowest BCUT2D eigenvalue weighted by Gasteiger charge is -2.34. The summed E-state index contributed by atoms with van der Waals surface area (Å²) in [5, 5.41) is 4.71. The molecule has 2 aromatic carbocycles. The van der Waals surface area contributed by atoms with Gasteiger partial charge >= 0.3 is 6.03 Å². The van der Waals surface area contributed by atoms with Crippen LogP contribution in [0.1, 0.15) is 5.56 Å². The molecule has 1 aliphatic heterocycles. The zero-order valence-electron chi connectivity index (χ0n) is 14.2. The number of hydrogen-bond donors (Lipinski definition) is 1. The third-order valence-corrected chi connectivity index (χ3v) is 5.78. The Kier molecular flexibility index (Phi) is 4.95. The number of carbonyl (C=O) groups excluding carboxylic acids is 1. The van der Waals surface area contributed by atoms with Gasteiger partial charge in [-0.2, -0.15) is 0 Å². The van der Waals surface area contributed by atoms with Crippen LogP contribution in [0.25, 0.3) is 10.2 Å². The van der Waals surface area contributed by atoms with Gasteiger partial charge in [0.25, 0.3) is 0 Å². The number of rotatable bonds is 3. The zero-order valence-corrected chi connectivity index (χ0v) is 15.8. The molecule has 26 heavy (non-hydrogen) atoms. The summed E-state index contributed by atoms with van der Waals surface area (Å²) in [5.74, 6) is 0. The van der Waals surface area contributed by atoms with E-state index in [-0.39, 0.29) is 6.03 Å². The Morgan fingerprint density at radius 3 is 2.65 bits per heavy atom. The highest BCUT2D eigenvalue weighted by Gasteiger charge is 2.23. The molecule has 7 heteroatoms. The minimum absolute atomic E-state index is 0.00964. The Morgan fingerprint density at radius 2 is 1.88 bits per heavy atom. The summed E-state index contributed by atoms with van der Waals surface area (Å²) in [5.41, 5.74) is 2.07. The Balaban J connectivity index is 1.33. The van der Waals surface area contributed by atoms with E-state index in [4.69, 9.17) is 16.6 Å². The summed E-state index contributed by atoms with van der Waals surface area (Å²) < 4.78 is 1.09. The van der Waals surface area contributed by atoms with Gasteiger partial charge < -0.3 is 15.1 Å². The van der Waals surface area contributed by atoms with Crippen molar-refractivity contribution in [1.29, 1.82) is 0 Å². The maximum atomic E-state index is 12.4. The Labute approximate surface area is 161 Å². The van der Waals surface area contributed by atoms with E-state index in [2.05, 4.69) is 10.2 Å². The SMILES string of the molecule is O=C(NCc1ccccc1)N1CCN(c2nc3ccc(Cl)cc3s2)CC1. The fourth-order valence-electron chi connectivity index (χ4n) is 3.01. The van der Waals surface area contributed by atoms with Crippen LogP contribution in [0.15, 0.2) is 48.5 Å². The molecule has 1 N–H and O–H groups in total. The fourth-order valence-corrected chi connectivity index (χ4v) is 4.30. The Bertz CT molecular complexity index is 906. The first-order valence-corrected chi connectivity index (χ1v) is 9.76. The molecule has 134 valence electrons. The monoisotopic (exact) mass is 386 g/mol. The quantitative estimate of drug-likeness (QED) is 0.740. The number of halogens is 1. The Hall–Kier alpha value is -2.31. The van der Waals surface area contributed by atoms with Crippen molar-refractivity contribution < 1.29 is 4.79 Å². The molecular weight excluding hydrogens is 368 g/mol. The molecule has 4 rings (SSSR count). The minimum Gasteiger partial charge on any atom is -0.345 e.